The van der Waals surface area contributed by atoms with Crippen LogP contribution < -0.4 is 10.6 Å². The van der Waals surface area contributed by atoms with Crippen LogP contribution >= 0.6 is 0 Å². The number of aromatic amines is 2. The second-order valence-electron chi connectivity index (χ2n) is 16.7. The van der Waals surface area contributed by atoms with Crippen LogP contribution in [0.1, 0.15) is 91.0 Å². The number of hydrogen-bond donors (Lipinski definition) is 8. The molecule has 0 spiro atoms. The van der Waals surface area contributed by atoms with Crippen LogP contribution in [0.2, 0.25) is 0 Å². The first-order valence-electron chi connectivity index (χ1n) is 21.3. The number of hydrogen-bond acceptors (Lipinski definition) is 12. The number of methoxy groups -OCH3 is 2. The number of carbonyl (C=O) groups excluding carboxylic acids is 4. The molecule has 20 nitrogen and oxygen atoms in total. The van der Waals surface area contributed by atoms with Gasteiger partial charge in [0.15, 0.2) is 0 Å². The van der Waals surface area contributed by atoms with Crippen LogP contribution in [0.25, 0.3) is 44.9 Å². The number of fused-ring (bicyclic) bond motifs is 11. The highest BCUT2D eigenvalue weighted by Crippen LogP contribution is 2.52. The summed E-state index contributed by atoms with van der Waals surface area (Å²) in [5, 5.41) is 42.2. The summed E-state index contributed by atoms with van der Waals surface area (Å²) in [5.41, 5.74) is 6.90. The first-order valence-corrected chi connectivity index (χ1v) is 21.3. The Balaban J connectivity index is 1.63. The minimum atomic E-state index is -1.69. The number of aliphatic carboxylic acids is 4. The number of rotatable bonds is 17. The van der Waals surface area contributed by atoms with Crippen molar-refractivity contribution in [3.8, 4) is 0 Å². The second-order valence-corrected chi connectivity index (χ2v) is 16.7. The maximum absolute atomic E-state index is 13.9. The van der Waals surface area contributed by atoms with Crippen molar-refractivity contribution in [2.45, 2.75) is 83.7 Å². The predicted molar refractivity (Wildman–Crippen MR) is 245 cm³/mol. The molecule has 8 N–H and O–H groups in total. The number of nitrogens with zero attached hydrogens (tertiary/aromatic N) is 2. The summed E-state index contributed by atoms with van der Waals surface area (Å²) in [7, 11) is 2.41. The summed E-state index contributed by atoms with van der Waals surface area (Å²) in [6.07, 6.45) is 2.65. The number of ether oxygens (including phenoxy) is 2. The molecule has 0 aromatic carbocycles. The van der Waals surface area contributed by atoms with Gasteiger partial charge in [-0.15, -0.1) is 0 Å². The molecule has 3 aromatic heterocycles. The molecule has 5 heterocycles. The Morgan fingerprint density at radius 1 is 0.735 bits per heavy atom. The van der Waals surface area contributed by atoms with E-state index in [1.54, 1.807) is 51.1 Å². The van der Waals surface area contributed by atoms with Crippen molar-refractivity contribution in [3.63, 3.8) is 0 Å². The third-order valence-electron chi connectivity index (χ3n) is 12.5. The van der Waals surface area contributed by atoms with Crippen molar-refractivity contribution in [1.82, 2.24) is 30.6 Å². The van der Waals surface area contributed by atoms with Gasteiger partial charge in [0.25, 0.3) is 0 Å². The number of allylic oxidation sites excluding steroid dienone is 5. The van der Waals surface area contributed by atoms with E-state index in [0.29, 0.717) is 72.7 Å². The van der Waals surface area contributed by atoms with Crippen LogP contribution in [0.4, 0.5) is 0 Å². The highest BCUT2D eigenvalue weighted by Gasteiger charge is 2.53. The molecule has 4 atom stereocenters. The summed E-state index contributed by atoms with van der Waals surface area (Å²) < 4.78 is 10.4. The number of esters is 2. The molecule has 68 heavy (non-hydrogen) atoms. The molecule has 20 heteroatoms. The number of amides is 2. The van der Waals surface area contributed by atoms with E-state index in [1.807, 2.05) is 13.0 Å². The quantitative estimate of drug-likeness (QED) is 0.0861. The van der Waals surface area contributed by atoms with Gasteiger partial charge in [0.05, 0.1) is 60.8 Å². The van der Waals surface area contributed by atoms with Crippen LogP contribution in [0.5, 0.6) is 0 Å². The SMILES string of the molecule is C=Cc1c(C)c2cc3nc(cc4[nH]c(cc5nc(cc1[nH]2)C(C)=C5CCC(=O)N[C@@H](CC(=O)O)C(=O)O)c(CCC(=O)N[C@@H](CC(=O)O)C(=O)O)c4C)[C@@]1(C)C3=CC=C(C(=O)OC)[C@H]1C(=O)OC. The smallest absolute Gasteiger partial charge is 0.334 e. The van der Waals surface area contributed by atoms with Gasteiger partial charge in [-0.05, 0) is 98.2 Å². The van der Waals surface area contributed by atoms with Gasteiger partial charge in [0, 0.05) is 40.5 Å². The molecule has 356 valence electrons. The molecule has 0 radical (unpaired) electrons. The predicted octanol–water partition coefficient (Wildman–Crippen LogP) is 4.55. The molecule has 8 bridgehead atoms. The zero-order valence-corrected chi connectivity index (χ0v) is 38.0. The Kier molecular flexibility index (Phi) is 14.3. The van der Waals surface area contributed by atoms with Crippen molar-refractivity contribution in [1.29, 1.82) is 0 Å². The van der Waals surface area contributed by atoms with Crippen LogP contribution in [0, 0.1) is 19.8 Å². The Morgan fingerprint density at radius 3 is 1.85 bits per heavy atom. The lowest BCUT2D eigenvalue weighted by Gasteiger charge is -2.36. The van der Waals surface area contributed by atoms with Gasteiger partial charge >= 0.3 is 35.8 Å². The highest BCUT2D eigenvalue weighted by atomic mass is 16.5. The Morgan fingerprint density at radius 2 is 1.29 bits per heavy atom. The number of carboxylic acid groups (broad SMARTS) is 4. The van der Waals surface area contributed by atoms with Gasteiger partial charge < -0.3 is 50.5 Å². The fraction of sp³-hybridized carbons (Fsp3) is 0.333. The number of aromatic nitrogens is 4. The minimum Gasteiger partial charge on any atom is -0.481 e. The van der Waals surface area contributed by atoms with E-state index in [2.05, 4.69) is 27.2 Å². The summed E-state index contributed by atoms with van der Waals surface area (Å²) in [5.74, 6) is -10.1. The lowest BCUT2D eigenvalue weighted by molar-refractivity contribution is -0.149. The average Bonchev–Trinajstić information content (AvgIpc) is 3.93. The maximum atomic E-state index is 13.9. The Bertz CT molecular complexity index is 2970. The van der Waals surface area contributed by atoms with E-state index < -0.39 is 83.9 Å². The number of H-pyrrole nitrogens is 2. The van der Waals surface area contributed by atoms with E-state index in [0.717, 1.165) is 11.1 Å². The number of carbonyl (C=O) groups is 8. The molecule has 3 aromatic rings. The van der Waals surface area contributed by atoms with Gasteiger partial charge in [-0.1, -0.05) is 24.8 Å². The zero-order chi connectivity index (χ0) is 49.9. The molecular weight excluding hydrogens is 885 g/mol. The van der Waals surface area contributed by atoms with E-state index in [4.69, 9.17) is 19.4 Å². The van der Waals surface area contributed by atoms with Crippen molar-refractivity contribution in [2.75, 3.05) is 14.2 Å². The molecule has 2 aliphatic heterocycles. The molecule has 0 saturated heterocycles. The van der Waals surface area contributed by atoms with Crippen molar-refractivity contribution < 1.29 is 68.3 Å². The van der Waals surface area contributed by atoms with Crippen LogP contribution in [0.15, 0.2) is 48.6 Å². The number of carboxylic acids is 4. The van der Waals surface area contributed by atoms with Gasteiger partial charge in [-0.25, -0.2) is 19.4 Å². The summed E-state index contributed by atoms with van der Waals surface area (Å²) in [6.45, 7) is 11.3. The molecule has 3 aliphatic rings. The average molecular weight is 935 g/mol. The fourth-order valence-electron chi connectivity index (χ4n) is 8.88. The van der Waals surface area contributed by atoms with E-state index in [1.165, 1.54) is 20.3 Å². The largest absolute Gasteiger partial charge is 0.481 e. The summed E-state index contributed by atoms with van der Waals surface area (Å²) in [4.78, 5) is 117. The zero-order valence-electron chi connectivity index (χ0n) is 38.0. The van der Waals surface area contributed by atoms with E-state index >= 15 is 0 Å². The molecular formula is C48H50N6O14. The molecule has 0 saturated carbocycles. The lowest BCUT2D eigenvalue weighted by Crippen LogP contribution is -2.42. The van der Waals surface area contributed by atoms with Crippen molar-refractivity contribution in [3.05, 3.63) is 93.6 Å². The number of nitrogens with one attached hydrogen (secondary N) is 4. The fourth-order valence-corrected chi connectivity index (χ4v) is 8.88. The number of aryl methyl sites for hydroxylation is 3. The second kappa shape index (κ2) is 19.7. The van der Waals surface area contributed by atoms with Crippen molar-refractivity contribution >= 4 is 92.5 Å². The highest BCUT2D eigenvalue weighted by molar-refractivity contribution is 6.02. The first kappa shape index (κ1) is 49.3. The molecule has 6 rings (SSSR count). The van der Waals surface area contributed by atoms with Crippen molar-refractivity contribution in [2.24, 2.45) is 5.92 Å². The van der Waals surface area contributed by atoms with E-state index in [-0.39, 0.29) is 31.3 Å². The Labute approximate surface area is 387 Å². The summed E-state index contributed by atoms with van der Waals surface area (Å²) in [6, 6.07) is 3.66. The molecule has 1 aliphatic carbocycles. The minimum absolute atomic E-state index is 0.0171. The van der Waals surface area contributed by atoms with Gasteiger partial charge in [0.2, 0.25) is 11.8 Å². The first-order chi connectivity index (χ1) is 32.1. The standard InChI is InChI=1S/C48H50N6O14/c1-8-24-21(2)30-16-35-28-12-9-27(46(65)67-6)43(47(66)68-7)48(28,5)38(52-35)18-31-23(4)26(11-14-40(56)54-37(45(63)64)20-42(59)60)34(51-31)17-33-25(22(3)29(50-33)15-32(24)49-30)10-13-39(55)53-36(44(61)62)19-41(57)58/h8-9,12,15-18,36-37,43,49,51H,1,10-11,13-14,19-20H2,2-7H3,(H,53,55)(H,54,56)(H,57,58)(H,59,60)(H,61,62)(H,63,64)/t36-,37-,43-,48+/m0/s1. The van der Waals surface area contributed by atoms with Gasteiger partial charge in [-0.2, -0.15) is 0 Å². The normalized spacial score (nSPS) is 17.1. The van der Waals surface area contributed by atoms with Crippen LogP contribution in [-0.2, 0) is 59.7 Å². The maximum Gasteiger partial charge on any atom is 0.334 e. The van der Waals surface area contributed by atoms with Gasteiger partial charge in [0.1, 0.15) is 18.0 Å². The topological polar surface area (TPSA) is 317 Å². The summed E-state index contributed by atoms with van der Waals surface area (Å²) >= 11 is 0. The van der Waals surface area contributed by atoms with E-state index in [9.17, 15) is 58.8 Å². The Hall–Kier alpha value is -8.16. The monoisotopic (exact) mass is 934 g/mol. The van der Waals surface area contributed by atoms with Crippen LogP contribution in [-0.4, -0.2) is 114 Å². The third-order valence-corrected chi connectivity index (χ3v) is 12.5. The van der Waals surface area contributed by atoms with Gasteiger partial charge in [-0.3, -0.25) is 29.0 Å². The molecule has 2 amide bonds. The molecule has 0 fully saturated rings. The lowest BCUT2D eigenvalue weighted by atomic mass is 9.64. The third kappa shape index (κ3) is 9.69. The van der Waals surface area contributed by atoms with Crippen LogP contribution in [0.3, 0.4) is 0 Å². The molecule has 0 unspecified atom stereocenters.